The lowest BCUT2D eigenvalue weighted by atomic mass is 10.0. The van der Waals surface area contributed by atoms with Crippen molar-refractivity contribution in [1.29, 1.82) is 0 Å². The Bertz CT molecular complexity index is 462. The molecule has 1 saturated heterocycles. The van der Waals surface area contributed by atoms with Gasteiger partial charge in [-0.25, -0.2) is 0 Å². The summed E-state index contributed by atoms with van der Waals surface area (Å²) in [7, 11) is 0. The van der Waals surface area contributed by atoms with E-state index in [0.717, 1.165) is 11.3 Å². The molecule has 1 unspecified atom stereocenters. The number of para-hydroxylation sites is 1. The largest absolute Gasteiger partial charge is 0.389 e. The predicted molar refractivity (Wildman–Crippen MR) is 77.7 cm³/mol. The summed E-state index contributed by atoms with van der Waals surface area (Å²) in [4.78, 5) is 14.2. The average molecular weight is 278 g/mol. The summed E-state index contributed by atoms with van der Waals surface area (Å²) < 4.78 is 5.44. The van der Waals surface area contributed by atoms with Gasteiger partial charge in [-0.15, -0.1) is 0 Å². The number of hydrogen-bond donors (Lipinski definition) is 2. The van der Waals surface area contributed by atoms with Crippen molar-refractivity contribution < 1.29 is 14.6 Å². The van der Waals surface area contributed by atoms with Gasteiger partial charge in [0.2, 0.25) is 5.91 Å². The molecule has 0 bridgehead atoms. The summed E-state index contributed by atoms with van der Waals surface area (Å²) in [6.07, 6.45) is -0.566. The summed E-state index contributed by atoms with van der Waals surface area (Å²) >= 11 is 0. The summed E-state index contributed by atoms with van der Waals surface area (Å²) in [6.45, 7) is 5.84. The topological polar surface area (TPSA) is 61.8 Å². The van der Waals surface area contributed by atoms with Crippen LogP contribution in [0.25, 0.3) is 0 Å². The SMILES string of the molecule is CCNC(=O)C1COCCN1c1ccccc1[C@@H](C)O. The van der Waals surface area contributed by atoms with Gasteiger partial charge in [0, 0.05) is 24.3 Å². The molecule has 1 amide bonds. The molecular weight excluding hydrogens is 256 g/mol. The van der Waals surface area contributed by atoms with E-state index < -0.39 is 6.10 Å². The van der Waals surface area contributed by atoms with Gasteiger partial charge in [0.15, 0.2) is 0 Å². The van der Waals surface area contributed by atoms with E-state index in [0.29, 0.717) is 26.3 Å². The molecule has 1 fully saturated rings. The van der Waals surface area contributed by atoms with Crippen molar-refractivity contribution in [1.82, 2.24) is 5.32 Å². The minimum absolute atomic E-state index is 0.0346. The Balaban J connectivity index is 2.30. The number of nitrogens with zero attached hydrogens (tertiary/aromatic N) is 1. The van der Waals surface area contributed by atoms with Crippen LogP contribution in [-0.4, -0.2) is 43.4 Å². The van der Waals surface area contributed by atoms with Gasteiger partial charge in [0.1, 0.15) is 6.04 Å². The highest BCUT2D eigenvalue weighted by Crippen LogP contribution is 2.28. The van der Waals surface area contributed by atoms with E-state index in [2.05, 4.69) is 5.32 Å². The van der Waals surface area contributed by atoms with Crippen LogP contribution in [0.1, 0.15) is 25.5 Å². The fourth-order valence-electron chi connectivity index (χ4n) is 2.50. The van der Waals surface area contributed by atoms with Gasteiger partial charge in [0.25, 0.3) is 0 Å². The van der Waals surface area contributed by atoms with Crippen LogP contribution in [0.4, 0.5) is 5.69 Å². The third-order valence-electron chi connectivity index (χ3n) is 3.48. The Labute approximate surface area is 119 Å². The van der Waals surface area contributed by atoms with Crippen molar-refractivity contribution in [3.05, 3.63) is 29.8 Å². The molecule has 2 rings (SSSR count). The number of hydrogen-bond acceptors (Lipinski definition) is 4. The second kappa shape index (κ2) is 6.72. The molecule has 5 nitrogen and oxygen atoms in total. The number of aliphatic hydroxyl groups excluding tert-OH is 1. The van der Waals surface area contributed by atoms with Crippen molar-refractivity contribution in [2.24, 2.45) is 0 Å². The number of rotatable bonds is 4. The molecule has 2 atom stereocenters. The van der Waals surface area contributed by atoms with Crippen LogP contribution in [-0.2, 0) is 9.53 Å². The van der Waals surface area contributed by atoms with Crippen LogP contribution in [0.5, 0.6) is 0 Å². The smallest absolute Gasteiger partial charge is 0.245 e. The van der Waals surface area contributed by atoms with Crippen molar-refractivity contribution >= 4 is 11.6 Å². The van der Waals surface area contributed by atoms with Crippen LogP contribution in [0, 0.1) is 0 Å². The molecule has 0 saturated carbocycles. The van der Waals surface area contributed by atoms with E-state index in [9.17, 15) is 9.90 Å². The maximum atomic E-state index is 12.2. The number of morpholine rings is 1. The molecule has 1 aromatic rings. The number of likely N-dealkylation sites (N-methyl/N-ethyl adjacent to an activating group) is 1. The van der Waals surface area contributed by atoms with Crippen LogP contribution in [0.3, 0.4) is 0 Å². The van der Waals surface area contributed by atoms with Gasteiger partial charge in [0.05, 0.1) is 19.3 Å². The average Bonchev–Trinajstić information content (AvgIpc) is 2.47. The Kier molecular flexibility index (Phi) is 4.98. The quantitative estimate of drug-likeness (QED) is 0.865. The third kappa shape index (κ3) is 3.11. The van der Waals surface area contributed by atoms with Gasteiger partial charge in [-0.05, 0) is 19.9 Å². The minimum Gasteiger partial charge on any atom is -0.389 e. The number of ether oxygens (including phenoxy) is 1. The highest BCUT2D eigenvalue weighted by atomic mass is 16.5. The molecule has 20 heavy (non-hydrogen) atoms. The molecular formula is C15H22N2O3. The fraction of sp³-hybridized carbons (Fsp3) is 0.533. The molecule has 1 aliphatic rings. The first-order valence-corrected chi connectivity index (χ1v) is 7.04. The number of carbonyl (C=O) groups excluding carboxylic acids is 1. The van der Waals surface area contributed by atoms with Crippen molar-refractivity contribution in [3.63, 3.8) is 0 Å². The lowest BCUT2D eigenvalue weighted by Crippen LogP contribution is -2.54. The van der Waals surface area contributed by atoms with Crippen LogP contribution < -0.4 is 10.2 Å². The van der Waals surface area contributed by atoms with Crippen molar-refractivity contribution in [2.45, 2.75) is 26.0 Å². The van der Waals surface area contributed by atoms with E-state index in [1.165, 1.54) is 0 Å². The fourth-order valence-corrected chi connectivity index (χ4v) is 2.50. The van der Waals surface area contributed by atoms with Crippen LogP contribution >= 0.6 is 0 Å². The van der Waals surface area contributed by atoms with Gasteiger partial charge >= 0.3 is 0 Å². The number of amides is 1. The third-order valence-corrected chi connectivity index (χ3v) is 3.48. The van der Waals surface area contributed by atoms with Gasteiger partial charge < -0.3 is 20.1 Å². The molecule has 110 valence electrons. The van der Waals surface area contributed by atoms with E-state index in [1.807, 2.05) is 36.1 Å². The number of carbonyl (C=O) groups is 1. The summed E-state index contributed by atoms with van der Waals surface area (Å²) in [6, 6.07) is 7.31. The molecule has 0 spiro atoms. The Morgan fingerprint density at radius 3 is 3.00 bits per heavy atom. The molecule has 0 aromatic heterocycles. The zero-order chi connectivity index (χ0) is 14.5. The maximum Gasteiger partial charge on any atom is 0.245 e. The second-order valence-corrected chi connectivity index (χ2v) is 4.91. The Hall–Kier alpha value is -1.59. The molecule has 0 radical (unpaired) electrons. The first-order valence-electron chi connectivity index (χ1n) is 7.04. The van der Waals surface area contributed by atoms with Crippen molar-refractivity contribution in [3.8, 4) is 0 Å². The predicted octanol–water partition coefficient (Wildman–Crippen LogP) is 1.08. The zero-order valence-electron chi connectivity index (χ0n) is 12.0. The first-order chi connectivity index (χ1) is 9.65. The number of aliphatic hydroxyl groups is 1. The lowest BCUT2D eigenvalue weighted by molar-refractivity contribution is -0.124. The normalized spacial score (nSPS) is 20.6. The van der Waals surface area contributed by atoms with E-state index in [1.54, 1.807) is 6.92 Å². The molecule has 1 heterocycles. The Morgan fingerprint density at radius 2 is 2.30 bits per heavy atom. The standard InChI is InChI=1S/C15H22N2O3/c1-3-16-15(19)14-10-20-9-8-17(14)13-7-5-4-6-12(13)11(2)18/h4-7,11,14,18H,3,8-10H2,1-2H3,(H,16,19)/t11-,14?/m1/s1. The number of anilines is 1. The maximum absolute atomic E-state index is 12.2. The summed E-state index contributed by atoms with van der Waals surface area (Å²) in [5, 5.41) is 12.7. The summed E-state index contributed by atoms with van der Waals surface area (Å²) in [5.74, 6) is -0.0346. The molecule has 0 aliphatic carbocycles. The highest BCUT2D eigenvalue weighted by molar-refractivity contribution is 5.86. The first kappa shape index (κ1) is 14.8. The number of nitrogens with one attached hydrogen (secondary N) is 1. The van der Waals surface area contributed by atoms with Crippen molar-refractivity contribution in [2.75, 3.05) is 31.2 Å². The zero-order valence-corrected chi connectivity index (χ0v) is 12.0. The molecule has 1 aromatic carbocycles. The van der Waals surface area contributed by atoms with Gasteiger partial charge in [-0.1, -0.05) is 18.2 Å². The van der Waals surface area contributed by atoms with Crippen LogP contribution in [0.2, 0.25) is 0 Å². The monoisotopic (exact) mass is 278 g/mol. The van der Waals surface area contributed by atoms with Gasteiger partial charge in [-0.2, -0.15) is 0 Å². The molecule has 1 aliphatic heterocycles. The van der Waals surface area contributed by atoms with Crippen LogP contribution in [0.15, 0.2) is 24.3 Å². The van der Waals surface area contributed by atoms with E-state index >= 15 is 0 Å². The van der Waals surface area contributed by atoms with Gasteiger partial charge in [-0.3, -0.25) is 4.79 Å². The Morgan fingerprint density at radius 1 is 1.55 bits per heavy atom. The summed E-state index contributed by atoms with van der Waals surface area (Å²) in [5.41, 5.74) is 1.74. The lowest BCUT2D eigenvalue weighted by Gasteiger charge is -2.37. The van der Waals surface area contributed by atoms with E-state index in [4.69, 9.17) is 4.74 Å². The minimum atomic E-state index is -0.566. The molecule has 5 heteroatoms. The van der Waals surface area contributed by atoms with E-state index in [-0.39, 0.29) is 11.9 Å². The highest BCUT2D eigenvalue weighted by Gasteiger charge is 2.30. The number of benzene rings is 1. The molecule has 2 N–H and O–H groups in total. The second-order valence-electron chi connectivity index (χ2n) is 4.91.